The van der Waals surface area contributed by atoms with Gasteiger partial charge in [-0.2, -0.15) is 13.2 Å². The minimum Gasteiger partial charge on any atom is -0.484 e. The Labute approximate surface area is 138 Å². The van der Waals surface area contributed by atoms with E-state index in [4.69, 9.17) is 4.74 Å². The Hall–Kier alpha value is -2.50. The highest BCUT2D eigenvalue weighted by atomic mass is 19.4. The Morgan fingerprint density at radius 3 is 2.38 bits per heavy atom. The van der Waals surface area contributed by atoms with Crippen molar-refractivity contribution in [2.75, 3.05) is 11.9 Å². The van der Waals surface area contributed by atoms with Gasteiger partial charge in [0.1, 0.15) is 5.75 Å². The third-order valence-electron chi connectivity index (χ3n) is 3.56. The van der Waals surface area contributed by atoms with E-state index in [9.17, 15) is 18.0 Å². The molecule has 0 unspecified atom stereocenters. The fraction of sp³-hybridized carbons (Fsp3) is 0.278. The second-order valence-corrected chi connectivity index (χ2v) is 5.32. The zero-order valence-electron chi connectivity index (χ0n) is 13.4. The number of carbonyl (C=O) groups excluding carboxylic acids is 1. The van der Waals surface area contributed by atoms with Gasteiger partial charge in [-0.05, 0) is 48.7 Å². The molecule has 0 saturated heterocycles. The van der Waals surface area contributed by atoms with Gasteiger partial charge in [0, 0.05) is 5.69 Å². The molecule has 128 valence electrons. The summed E-state index contributed by atoms with van der Waals surface area (Å²) in [5.74, 6) is -0.155. The lowest BCUT2D eigenvalue weighted by atomic mass is 10.1. The third kappa shape index (κ3) is 4.50. The van der Waals surface area contributed by atoms with Crippen LogP contribution < -0.4 is 10.1 Å². The number of ether oxygens (including phenoxy) is 1. The molecule has 0 fully saturated rings. The molecular formula is C18H18F3NO2. The molecule has 1 N–H and O–H groups in total. The maximum atomic E-state index is 12.5. The Bertz CT molecular complexity index is 709. The van der Waals surface area contributed by atoms with Gasteiger partial charge in [0.25, 0.3) is 5.91 Å². The summed E-state index contributed by atoms with van der Waals surface area (Å²) < 4.78 is 42.7. The minimum atomic E-state index is -4.39. The number of benzene rings is 2. The van der Waals surface area contributed by atoms with Crippen molar-refractivity contribution >= 4 is 11.6 Å². The van der Waals surface area contributed by atoms with E-state index in [2.05, 4.69) is 5.32 Å². The van der Waals surface area contributed by atoms with Gasteiger partial charge in [-0.3, -0.25) is 4.79 Å². The number of alkyl halides is 3. The lowest BCUT2D eigenvalue weighted by Gasteiger charge is -2.13. The highest BCUT2D eigenvalue weighted by Gasteiger charge is 2.30. The molecule has 0 aliphatic rings. The number of aryl methyl sites for hydroxylation is 2. The molecule has 1 amide bonds. The summed E-state index contributed by atoms with van der Waals surface area (Å²) in [5, 5.41) is 2.79. The van der Waals surface area contributed by atoms with E-state index in [1.54, 1.807) is 0 Å². The second-order valence-electron chi connectivity index (χ2n) is 5.32. The lowest BCUT2D eigenvalue weighted by molar-refractivity contribution is -0.137. The van der Waals surface area contributed by atoms with Gasteiger partial charge in [0.2, 0.25) is 0 Å². The van der Waals surface area contributed by atoms with Gasteiger partial charge in [-0.15, -0.1) is 0 Å². The highest BCUT2D eigenvalue weighted by molar-refractivity contribution is 5.93. The quantitative estimate of drug-likeness (QED) is 0.866. The molecule has 0 atom stereocenters. The summed E-state index contributed by atoms with van der Waals surface area (Å²) in [4.78, 5) is 12.0. The third-order valence-corrected chi connectivity index (χ3v) is 3.56. The zero-order chi connectivity index (χ0) is 17.7. The largest absolute Gasteiger partial charge is 0.484 e. The van der Waals surface area contributed by atoms with Crippen LogP contribution in [0.3, 0.4) is 0 Å². The second kappa shape index (κ2) is 7.38. The predicted octanol–water partition coefficient (Wildman–Crippen LogP) is 4.59. The molecule has 6 heteroatoms. The molecule has 2 aromatic carbocycles. The number of carbonyl (C=O) groups is 1. The highest BCUT2D eigenvalue weighted by Crippen LogP contribution is 2.30. The number of halogens is 3. The van der Waals surface area contributed by atoms with Crippen molar-refractivity contribution in [2.45, 2.75) is 26.4 Å². The van der Waals surface area contributed by atoms with E-state index in [1.165, 1.54) is 12.1 Å². The van der Waals surface area contributed by atoms with Gasteiger partial charge >= 0.3 is 6.18 Å². The van der Waals surface area contributed by atoms with Gasteiger partial charge in [0.05, 0.1) is 5.56 Å². The summed E-state index contributed by atoms with van der Waals surface area (Å²) in [7, 11) is 0. The number of anilines is 1. The van der Waals surface area contributed by atoms with Crippen molar-refractivity contribution < 1.29 is 22.7 Å². The van der Waals surface area contributed by atoms with Gasteiger partial charge in [-0.25, -0.2) is 0 Å². The van der Waals surface area contributed by atoms with E-state index in [0.717, 1.165) is 35.4 Å². The Morgan fingerprint density at radius 1 is 1.12 bits per heavy atom. The molecule has 3 nitrogen and oxygen atoms in total. The molecule has 0 bridgehead atoms. The van der Waals surface area contributed by atoms with Crippen LogP contribution in [0.5, 0.6) is 5.75 Å². The van der Waals surface area contributed by atoms with Crippen molar-refractivity contribution in [3.63, 3.8) is 0 Å². The van der Waals surface area contributed by atoms with Crippen LogP contribution in [0.4, 0.5) is 18.9 Å². The lowest BCUT2D eigenvalue weighted by Crippen LogP contribution is -2.21. The molecule has 0 heterocycles. The summed E-state index contributed by atoms with van der Waals surface area (Å²) in [6, 6.07) is 9.98. The molecule has 0 saturated carbocycles. The predicted molar refractivity (Wildman–Crippen MR) is 86.1 cm³/mol. The number of hydrogen-bond donors (Lipinski definition) is 1. The molecule has 0 radical (unpaired) electrons. The van der Waals surface area contributed by atoms with Crippen molar-refractivity contribution in [3.8, 4) is 5.75 Å². The summed E-state index contributed by atoms with van der Waals surface area (Å²) in [6.45, 7) is 3.61. The van der Waals surface area contributed by atoms with Crippen molar-refractivity contribution in [3.05, 3.63) is 59.2 Å². The molecule has 2 rings (SSSR count). The molecule has 24 heavy (non-hydrogen) atoms. The SMILES string of the molecule is CCc1cccc(C)c1NC(=O)COc1ccc(C(F)(F)F)cc1. The maximum Gasteiger partial charge on any atom is 0.416 e. The zero-order valence-corrected chi connectivity index (χ0v) is 13.4. The van der Waals surface area contributed by atoms with Crippen molar-refractivity contribution in [1.29, 1.82) is 0 Å². The fourth-order valence-corrected chi connectivity index (χ4v) is 2.27. The van der Waals surface area contributed by atoms with Crippen LogP contribution >= 0.6 is 0 Å². The Kier molecular flexibility index (Phi) is 5.49. The van der Waals surface area contributed by atoms with Crippen LogP contribution in [-0.4, -0.2) is 12.5 Å². The van der Waals surface area contributed by atoms with Gasteiger partial charge < -0.3 is 10.1 Å². The van der Waals surface area contributed by atoms with E-state index in [0.29, 0.717) is 0 Å². The molecule has 2 aromatic rings. The Morgan fingerprint density at radius 2 is 1.79 bits per heavy atom. The van der Waals surface area contributed by atoms with Crippen LogP contribution in [-0.2, 0) is 17.4 Å². The minimum absolute atomic E-state index is 0.207. The maximum absolute atomic E-state index is 12.5. The average Bonchev–Trinajstić information content (AvgIpc) is 2.54. The summed E-state index contributed by atoms with van der Waals surface area (Å²) in [5.41, 5.74) is 1.95. The molecule has 0 aliphatic carbocycles. The van der Waals surface area contributed by atoms with E-state index in [1.807, 2.05) is 32.0 Å². The van der Waals surface area contributed by atoms with Crippen molar-refractivity contribution in [1.82, 2.24) is 0 Å². The summed E-state index contributed by atoms with van der Waals surface area (Å²) in [6.07, 6.45) is -3.62. The van der Waals surface area contributed by atoms with E-state index >= 15 is 0 Å². The van der Waals surface area contributed by atoms with Gasteiger partial charge in [-0.1, -0.05) is 25.1 Å². The first kappa shape index (κ1) is 17.8. The van der Waals surface area contributed by atoms with Gasteiger partial charge in [0.15, 0.2) is 6.61 Å². The molecule has 0 aromatic heterocycles. The smallest absolute Gasteiger partial charge is 0.416 e. The average molecular weight is 337 g/mol. The van der Waals surface area contributed by atoms with Crippen LogP contribution in [0.25, 0.3) is 0 Å². The molecule has 0 spiro atoms. The normalized spacial score (nSPS) is 11.2. The number of rotatable bonds is 5. The van der Waals surface area contributed by atoms with Crippen LogP contribution in [0.2, 0.25) is 0 Å². The van der Waals surface area contributed by atoms with Crippen molar-refractivity contribution in [2.24, 2.45) is 0 Å². The van der Waals surface area contributed by atoms with E-state index < -0.39 is 11.7 Å². The Balaban J connectivity index is 1.97. The molecular weight excluding hydrogens is 319 g/mol. The standard InChI is InChI=1S/C18H18F3NO2/c1-3-13-6-4-5-12(2)17(13)22-16(23)11-24-15-9-7-14(8-10-15)18(19,20)21/h4-10H,3,11H2,1-2H3,(H,22,23). The number of hydrogen-bond acceptors (Lipinski definition) is 2. The first-order valence-corrected chi connectivity index (χ1v) is 7.49. The first-order valence-electron chi connectivity index (χ1n) is 7.49. The number of para-hydroxylation sites is 1. The fourth-order valence-electron chi connectivity index (χ4n) is 2.27. The monoisotopic (exact) mass is 337 g/mol. The summed E-state index contributed by atoms with van der Waals surface area (Å²) >= 11 is 0. The first-order chi connectivity index (χ1) is 11.3. The number of nitrogens with one attached hydrogen (secondary N) is 1. The number of amides is 1. The van der Waals surface area contributed by atoms with Crippen LogP contribution in [0.1, 0.15) is 23.6 Å². The van der Waals surface area contributed by atoms with Crippen LogP contribution in [0.15, 0.2) is 42.5 Å². The molecule has 0 aliphatic heterocycles. The topological polar surface area (TPSA) is 38.3 Å². The van der Waals surface area contributed by atoms with E-state index in [-0.39, 0.29) is 18.3 Å². The van der Waals surface area contributed by atoms with Crippen LogP contribution in [0, 0.1) is 6.92 Å².